The first-order chi connectivity index (χ1) is 7.84. The molecule has 86 valence electrons. The molecule has 0 aromatic heterocycles. The molecule has 0 atom stereocenters. The Morgan fingerprint density at radius 1 is 1.12 bits per heavy atom. The quantitative estimate of drug-likeness (QED) is 0.330. The fraction of sp³-hybridized carbons (Fsp3) is 0.500. The summed E-state index contributed by atoms with van der Waals surface area (Å²) in [6.45, 7) is 0.662. The highest BCUT2D eigenvalue weighted by Gasteiger charge is 2.16. The Labute approximate surface area is 97.2 Å². The van der Waals surface area contributed by atoms with E-state index in [-0.39, 0.29) is 0 Å². The highest BCUT2D eigenvalue weighted by atomic mass is 16.5. The van der Waals surface area contributed by atoms with Crippen LogP contribution in [0.3, 0.4) is 0 Å². The van der Waals surface area contributed by atoms with Crippen molar-refractivity contribution in [3.05, 3.63) is 41.1 Å². The van der Waals surface area contributed by atoms with Crippen LogP contribution in [0.2, 0.25) is 0 Å². The summed E-state index contributed by atoms with van der Waals surface area (Å²) in [4.78, 5) is 0. The maximum Gasteiger partial charge on any atom is 0.181 e. The monoisotopic (exact) mass is 217 g/mol. The summed E-state index contributed by atoms with van der Waals surface area (Å²) >= 11 is 0. The van der Waals surface area contributed by atoms with E-state index in [9.17, 15) is 5.21 Å². The van der Waals surface area contributed by atoms with E-state index in [0.717, 1.165) is 10.3 Å². The average molecular weight is 217 g/mol. The predicted molar refractivity (Wildman–Crippen MR) is 66.7 cm³/mol. The van der Waals surface area contributed by atoms with Crippen LogP contribution in [-0.2, 0) is 0 Å². The van der Waals surface area contributed by atoms with Gasteiger partial charge in [0.05, 0.1) is 0 Å². The van der Waals surface area contributed by atoms with Crippen LogP contribution in [-0.4, -0.2) is 17.5 Å². The van der Waals surface area contributed by atoms with Gasteiger partial charge in [-0.05, 0) is 25.0 Å². The molecule has 1 saturated carbocycles. The van der Waals surface area contributed by atoms with E-state index >= 15 is 0 Å². The lowest BCUT2D eigenvalue weighted by atomic mass is 9.89. The van der Waals surface area contributed by atoms with Crippen LogP contribution in [0.1, 0.15) is 37.7 Å². The maximum atomic E-state index is 11.7. The minimum Gasteiger partial charge on any atom is -0.624 e. The molecule has 2 nitrogen and oxygen atoms in total. The zero-order chi connectivity index (χ0) is 11.2. The molecule has 0 aliphatic heterocycles. The zero-order valence-corrected chi connectivity index (χ0v) is 9.64. The topological polar surface area (TPSA) is 26.1 Å². The molecule has 16 heavy (non-hydrogen) atoms. The SMILES string of the molecule is [O-][N+](=Cc1ccccc1)CC1CCCCC1. The lowest BCUT2D eigenvalue weighted by Gasteiger charge is -2.20. The van der Waals surface area contributed by atoms with E-state index in [1.54, 1.807) is 6.21 Å². The lowest BCUT2D eigenvalue weighted by molar-refractivity contribution is -0.462. The van der Waals surface area contributed by atoms with Crippen molar-refractivity contribution in [1.82, 2.24) is 0 Å². The molecule has 0 saturated heterocycles. The minimum absolute atomic E-state index is 0.603. The van der Waals surface area contributed by atoms with Gasteiger partial charge < -0.3 is 5.21 Å². The molecule has 0 N–H and O–H groups in total. The Morgan fingerprint density at radius 3 is 2.50 bits per heavy atom. The van der Waals surface area contributed by atoms with Gasteiger partial charge in [0.25, 0.3) is 0 Å². The van der Waals surface area contributed by atoms with Gasteiger partial charge in [0.15, 0.2) is 12.8 Å². The smallest absolute Gasteiger partial charge is 0.181 e. The van der Waals surface area contributed by atoms with E-state index in [0.29, 0.717) is 12.5 Å². The summed E-state index contributed by atoms with van der Waals surface area (Å²) < 4.78 is 1.10. The van der Waals surface area contributed by atoms with E-state index in [4.69, 9.17) is 0 Å². The number of nitrogens with zero attached hydrogens (tertiary/aromatic N) is 1. The highest BCUT2D eigenvalue weighted by molar-refractivity contribution is 5.75. The van der Waals surface area contributed by atoms with Crippen molar-refractivity contribution in [2.75, 3.05) is 6.54 Å². The van der Waals surface area contributed by atoms with Gasteiger partial charge in [-0.15, -0.1) is 0 Å². The first-order valence-electron chi connectivity index (χ1n) is 6.18. The number of benzene rings is 1. The van der Waals surface area contributed by atoms with Crippen molar-refractivity contribution >= 4 is 6.21 Å². The molecule has 0 radical (unpaired) electrons. The van der Waals surface area contributed by atoms with Crippen molar-refractivity contribution < 1.29 is 4.74 Å². The molecule has 0 spiro atoms. The average Bonchev–Trinajstić information content (AvgIpc) is 2.31. The molecule has 2 heteroatoms. The van der Waals surface area contributed by atoms with E-state index in [1.807, 2.05) is 30.3 Å². The second-order valence-electron chi connectivity index (χ2n) is 4.64. The van der Waals surface area contributed by atoms with Gasteiger partial charge in [-0.25, -0.2) is 4.74 Å². The number of rotatable bonds is 3. The Bertz CT molecular complexity index is 339. The molecule has 0 amide bonds. The van der Waals surface area contributed by atoms with Crippen LogP contribution < -0.4 is 0 Å². The molecule has 0 heterocycles. The molecule has 1 fully saturated rings. The fourth-order valence-corrected chi connectivity index (χ4v) is 2.38. The van der Waals surface area contributed by atoms with Crippen LogP contribution in [0.15, 0.2) is 30.3 Å². The van der Waals surface area contributed by atoms with Crippen LogP contribution >= 0.6 is 0 Å². The van der Waals surface area contributed by atoms with Crippen molar-refractivity contribution in [2.24, 2.45) is 5.92 Å². The summed E-state index contributed by atoms with van der Waals surface area (Å²) in [5, 5.41) is 11.7. The standard InChI is InChI=1S/C14H19NO/c16-15(11-13-7-3-1-4-8-13)12-14-9-5-2-6-10-14/h1,3-4,7-8,11,14H,2,5-6,9-10,12H2. The Balaban J connectivity index is 1.91. The third kappa shape index (κ3) is 3.37. The minimum atomic E-state index is 0.603. The third-order valence-electron chi connectivity index (χ3n) is 3.26. The van der Waals surface area contributed by atoms with E-state index < -0.39 is 0 Å². The maximum absolute atomic E-state index is 11.7. The summed E-state index contributed by atoms with van der Waals surface area (Å²) in [6.07, 6.45) is 8.09. The molecule has 2 rings (SSSR count). The van der Waals surface area contributed by atoms with Gasteiger partial charge in [0.2, 0.25) is 0 Å². The van der Waals surface area contributed by atoms with Crippen LogP contribution in [0.5, 0.6) is 0 Å². The Morgan fingerprint density at radius 2 is 1.81 bits per heavy atom. The van der Waals surface area contributed by atoms with Crippen molar-refractivity contribution in [1.29, 1.82) is 0 Å². The molecule has 0 unspecified atom stereocenters. The van der Waals surface area contributed by atoms with Crippen molar-refractivity contribution in [2.45, 2.75) is 32.1 Å². The molecule has 0 bridgehead atoms. The summed E-state index contributed by atoms with van der Waals surface area (Å²) in [5.41, 5.74) is 0.994. The van der Waals surface area contributed by atoms with E-state index in [1.165, 1.54) is 32.1 Å². The molecule has 1 aliphatic carbocycles. The number of hydroxylamine groups is 1. The van der Waals surface area contributed by atoms with Crippen LogP contribution in [0, 0.1) is 11.1 Å². The Hall–Kier alpha value is -1.31. The number of hydrogen-bond acceptors (Lipinski definition) is 1. The first-order valence-corrected chi connectivity index (χ1v) is 6.18. The second-order valence-corrected chi connectivity index (χ2v) is 4.64. The zero-order valence-electron chi connectivity index (χ0n) is 9.64. The van der Waals surface area contributed by atoms with E-state index in [2.05, 4.69) is 0 Å². The second kappa shape index (κ2) is 5.69. The van der Waals surface area contributed by atoms with Gasteiger partial charge in [-0.1, -0.05) is 37.5 Å². The molecule has 1 aliphatic rings. The molecular formula is C14H19NO. The third-order valence-corrected chi connectivity index (χ3v) is 3.26. The van der Waals surface area contributed by atoms with Crippen LogP contribution in [0.25, 0.3) is 0 Å². The molecule has 1 aromatic carbocycles. The number of hydrogen-bond donors (Lipinski definition) is 0. The highest BCUT2D eigenvalue weighted by Crippen LogP contribution is 2.23. The normalized spacial score (nSPS) is 18.6. The van der Waals surface area contributed by atoms with Gasteiger partial charge in [0.1, 0.15) is 0 Å². The summed E-state index contributed by atoms with van der Waals surface area (Å²) in [5.74, 6) is 0.603. The predicted octanol–water partition coefficient (Wildman–Crippen LogP) is 3.20. The van der Waals surface area contributed by atoms with Gasteiger partial charge in [-0.3, -0.25) is 0 Å². The van der Waals surface area contributed by atoms with Gasteiger partial charge >= 0.3 is 0 Å². The summed E-state index contributed by atoms with van der Waals surface area (Å²) in [7, 11) is 0. The van der Waals surface area contributed by atoms with Gasteiger partial charge in [-0.2, -0.15) is 0 Å². The van der Waals surface area contributed by atoms with Crippen molar-refractivity contribution in [3.63, 3.8) is 0 Å². The first kappa shape index (κ1) is 11.2. The van der Waals surface area contributed by atoms with Crippen LogP contribution in [0.4, 0.5) is 0 Å². The van der Waals surface area contributed by atoms with Gasteiger partial charge in [0, 0.05) is 11.5 Å². The summed E-state index contributed by atoms with van der Waals surface area (Å²) in [6, 6.07) is 9.81. The Kier molecular flexibility index (Phi) is 3.97. The molecular weight excluding hydrogens is 198 g/mol. The fourth-order valence-electron chi connectivity index (χ4n) is 2.38. The largest absolute Gasteiger partial charge is 0.624 e. The lowest BCUT2D eigenvalue weighted by Crippen LogP contribution is -2.19. The van der Waals surface area contributed by atoms with Crippen molar-refractivity contribution in [3.8, 4) is 0 Å². The molecule has 1 aromatic rings.